The van der Waals surface area contributed by atoms with Crippen molar-refractivity contribution in [3.63, 3.8) is 0 Å². The Morgan fingerprint density at radius 3 is 2.95 bits per heavy atom. The Bertz CT molecular complexity index is 470. The monoisotopic (exact) mass is 262 g/mol. The molecule has 0 bridgehead atoms. The van der Waals surface area contributed by atoms with E-state index in [-0.39, 0.29) is 24.7 Å². The maximum atomic E-state index is 11.2. The third kappa shape index (κ3) is 4.93. The Morgan fingerprint density at radius 1 is 1.47 bits per heavy atom. The number of aromatic hydroxyl groups is 1. The highest BCUT2D eigenvalue weighted by Gasteiger charge is 2.04. The second-order valence-corrected chi connectivity index (χ2v) is 3.97. The van der Waals surface area contributed by atoms with Crippen LogP contribution < -0.4 is 5.43 Å². The molecule has 19 heavy (non-hydrogen) atoms. The molecule has 3 N–H and O–H groups in total. The molecule has 1 aromatic carbocycles. The van der Waals surface area contributed by atoms with E-state index in [0.717, 1.165) is 5.56 Å². The van der Waals surface area contributed by atoms with Gasteiger partial charge in [-0.2, -0.15) is 5.10 Å². The molecule has 1 aromatic rings. The van der Waals surface area contributed by atoms with Gasteiger partial charge in [-0.25, -0.2) is 5.43 Å². The van der Waals surface area contributed by atoms with E-state index >= 15 is 0 Å². The topological polar surface area (TPSA) is 81.9 Å². The number of hydrogen-bond acceptors (Lipinski definition) is 4. The largest absolute Gasteiger partial charge is 0.507 e. The smallest absolute Gasteiger partial charge is 0.240 e. The lowest BCUT2D eigenvalue weighted by atomic mass is 10.1. The minimum absolute atomic E-state index is 0.0263. The summed E-state index contributed by atoms with van der Waals surface area (Å²) in [4.78, 5) is 11.2. The third-order valence-corrected chi connectivity index (χ3v) is 2.47. The molecule has 102 valence electrons. The quantitative estimate of drug-likeness (QED) is 0.394. The van der Waals surface area contributed by atoms with Crippen LogP contribution in [0.5, 0.6) is 5.75 Å². The fourth-order valence-corrected chi connectivity index (χ4v) is 1.50. The number of rotatable bonds is 7. The first-order chi connectivity index (χ1) is 9.19. The van der Waals surface area contributed by atoms with Crippen molar-refractivity contribution in [2.75, 3.05) is 6.61 Å². The maximum Gasteiger partial charge on any atom is 0.240 e. The minimum atomic E-state index is -0.271. The Kier molecular flexibility index (Phi) is 6.32. The van der Waals surface area contributed by atoms with Crippen LogP contribution in [-0.4, -0.2) is 28.9 Å². The lowest BCUT2D eigenvalue weighted by Crippen LogP contribution is -2.17. The molecule has 0 aromatic heterocycles. The number of nitrogens with one attached hydrogen (secondary N) is 1. The number of amides is 1. The molecule has 0 atom stereocenters. The fourth-order valence-electron chi connectivity index (χ4n) is 1.50. The average molecular weight is 262 g/mol. The molecule has 1 amide bonds. The molecule has 0 saturated heterocycles. The van der Waals surface area contributed by atoms with Gasteiger partial charge >= 0.3 is 0 Å². The number of nitrogens with zero attached hydrogens (tertiary/aromatic N) is 1. The van der Waals surface area contributed by atoms with Gasteiger partial charge in [-0.1, -0.05) is 18.2 Å². The third-order valence-electron chi connectivity index (χ3n) is 2.47. The summed E-state index contributed by atoms with van der Waals surface area (Å²) in [5.41, 5.74) is 3.62. The van der Waals surface area contributed by atoms with Crippen LogP contribution >= 0.6 is 0 Å². The summed E-state index contributed by atoms with van der Waals surface area (Å²) in [6.07, 6.45) is 4.28. The van der Waals surface area contributed by atoms with E-state index in [1.807, 2.05) is 0 Å². The van der Waals surface area contributed by atoms with E-state index < -0.39 is 0 Å². The van der Waals surface area contributed by atoms with Crippen molar-refractivity contribution < 1.29 is 15.0 Å². The Morgan fingerprint density at radius 2 is 2.26 bits per heavy atom. The number of allylic oxidation sites excluding steroid dienone is 1. The first kappa shape index (κ1) is 14.9. The summed E-state index contributed by atoms with van der Waals surface area (Å²) in [6, 6.07) is 5.30. The number of carbonyl (C=O) groups is 1. The first-order valence-corrected chi connectivity index (χ1v) is 6.03. The molecule has 0 unspecified atom stereocenters. The number of hydrazone groups is 1. The lowest BCUT2D eigenvalue weighted by Gasteiger charge is -2.04. The van der Waals surface area contributed by atoms with E-state index in [9.17, 15) is 9.90 Å². The highest BCUT2D eigenvalue weighted by atomic mass is 16.3. The molecule has 0 aliphatic carbocycles. The van der Waals surface area contributed by atoms with Crippen LogP contribution in [-0.2, 0) is 11.2 Å². The molecule has 0 aliphatic heterocycles. The van der Waals surface area contributed by atoms with E-state index in [0.29, 0.717) is 18.4 Å². The standard InChI is InChI=1S/C14H18N2O3/c1-2-5-11-6-3-7-12(14(11)19)10-15-16-13(18)8-4-9-17/h2-3,6-7,10,17,19H,1,4-5,8-9H2,(H,16,18). The van der Waals surface area contributed by atoms with Crippen molar-refractivity contribution in [3.05, 3.63) is 42.0 Å². The number of phenolic OH excluding ortho intramolecular Hbond substituents is 1. The SMILES string of the molecule is C=CCc1cccc(C=NNC(=O)CCCO)c1O. The first-order valence-electron chi connectivity index (χ1n) is 6.03. The zero-order chi connectivity index (χ0) is 14.1. The van der Waals surface area contributed by atoms with Gasteiger partial charge in [0.15, 0.2) is 0 Å². The molecule has 5 heteroatoms. The van der Waals surface area contributed by atoms with Crippen LogP contribution in [0, 0.1) is 0 Å². The molecule has 0 heterocycles. The van der Waals surface area contributed by atoms with Crippen LogP contribution in [0.3, 0.4) is 0 Å². The maximum absolute atomic E-state index is 11.2. The number of carbonyl (C=O) groups excluding carboxylic acids is 1. The van der Waals surface area contributed by atoms with E-state index in [2.05, 4.69) is 17.1 Å². The van der Waals surface area contributed by atoms with Crippen LogP contribution in [0.15, 0.2) is 36.0 Å². The molecule has 5 nitrogen and oxygen atoms in total. The molecule has 1 rings (SSSR count). The lowest BCUT2D eigenvalue weighted by molar-refractivity contribution is -0.121. The van der Waals surface area contributed by atoms with E-state index in [4.69, 9.17) is 5.11 Å². The van der Waals surface area contributed by atoms with Gasteiger partial charge in [-0.15, -0.1) is 6.58 Å². The predicted octanol–water partition coefficient (Wildman–Crippen LogP) is 1.34. The molecular formula is C14H18N2O3. The van der Waals surface area contributed by atoms with Crippen LogP contribution in [0.25, 0.3) is 0 Å². The molecule has 0 radical (unpaired) electrons. The Balaban J connectivity index is 2.64. The van der Waals surface area contributed by atoms with Crippen LogP contribution in [0.4, 0.5) is 0 Å². The second kappa shape index (κ2) is 8.05. The summed E-state index contributed by atoms with van der Waals surface area (Å²) in [5.74, 6) is -0.136. The summed E-state index contributed by atoms with van der Waals surface area (Å²) in [5, 5.41) is 22.3. The van der Waals surface area contributed by atoms with Crippen LogP contribution in [0.1, 0.15) is 24.0 Å². The Labute approximate surface area is 112 Å². The van der Waals surface area contributed by atoms with Gasteiger partial charge in [-0.3, -0.25) is 4.79 Å². The van der Waals surface area contributed by atoms with Gasteiger partial charge in [0, 0.05) is 18.6 Å². The highest BCUT2D eigenvalue weighted by molar-refractivity contribution is 5.85. The van der Waals surface area contributed by atoms with Crippen molar-refractivity contribution in [3.8, 4) is 5.75 Å². The van der Waals surface area contributed by atoms with Gasteiger partial charge in [0.2, 0.25) is 5.91 Å². The van der Waals surface area contributed by atoms with Crippen molar-refractivity contribution in [2.45, 2.75) is 19.3 Å². The predicted molar refractivity (Wildman–Crippen MR) is 74.1 cm³/mol. The van der Waals surface area contributed by atoms with E-state index in [1.165, 1.54) is 6.21 Å². The van der Waals surface area contributed by atoms with Gasteiger partial charge in [-0.05, 0) is 24.5 Å². The summed E-state index contributed by atoms with van der Waals surface area (Å²) < 4.78 is 0. The highest BCUT2D eigenvalue weighted by Crippen LogP contribution is 2.21. The normalized spacial score (nSPS) is 10.6. The number of para-hydroxylation sites is 1. The molecule has 0 spiro atoms. The van der Waals surface area contributed by atoms with Crippen molar-refractivity contribution in [2.24, 2.45) is 5.10 Å². The van der Waals surface area contributed by atoms with Crippen LogP contribution in [0.2, 0.25) is 0 Å². The number of hydrogen-bond donors (Lipinski definition) is 3. The van der Waals surface area contributed by atoms with Crippen molar-refractivity contribution >= 4 is 12.1 Å². The van der Waals surface area contributed by atoms with Crippen molar-refractivity contribution in [1.82, 2.24) is 5.43 Å². The van der Waals surface area contributed by atoms with Gasteiger partial charge < -0.3 is 10.2 Å². The van der Waals surface area contributed by atoms with E-state index in [1.54, 1.807) is 24.3 Å². The van der Waals surface area contributed by atoms with Gasteiger partial charge in [0.05, 0.1) is 6.21 Å². The molecular weight excluding hydrogens is 244 g/mol. The molecule has 0 aliphatic rings. The number of phenols is 1. The minimum Gasteiger partial charge on any atom is -0.507 e. The summed E-state index contributed by atoms with van der Waals surface area (Å²) >= 11 is 0. The number of aliphatic hydroxyl groups excluding tert-OH is 1. The molecule has 0 fully saturated rings. The Hall–Kier alpha value is -2.14. The number of benzene rings is 1. The van der Waals surface area contributed by atoms with Gasteiger partial charge in [0.25, 0.3) is 0 Å². The van der Waals surface area contributed by atoms with Crippen molar-refractivity contribution in [1.29, 1.82) is 0 Å². The van der Waals surface area contributed by atoms with Gasteiger partial charge in [0.1, 0.15) is 5.75 Å². The fraction of sp³-hybridized carbons (Fsp3) is 0.286. The molecule has 0 saturated carbocycles. The number of aliphatic hydroxyl groups is 1. The zero-order valence-corrected chi connectivity index (χ0v) is 10.7. The summed E-state index contributed by atoms with van der Waals surface area (Å²) in [7, 11) is 0. The second-order valence-electron chi connectivity index (χ2n) is 3.97. The zero-order valence-electron chi connectivity index (χ0n) is 10.7. The average Bonchev–Trinajstić information content (AvgIpc) is 2.41. The summed E-state index contributed by atoms with van der Waals surface area (Å²) in [6.45, 7) is 3.59.